The highest BCUT2D eigenvalue weighted by Gasteiger charge is 2.59. The summed E-state index contributed by atoms with van der Waals surface area (Å²) in [5, 5.41) is 0. The van der Waals surface area contributed by atoms with Crippen molar-refractivity contribution in [2.24, 2.45) is 0 Å². The van der Waals surface area contributed by atoms with E-state index in [-0.39, 0.29) is 23.9 Å². The first kappa shape index (κ1) is 13.4. The van der Waals surface area contributed by atoms with E-state index in [1.54, 1.807) is 9.80 Å². The molecule has 2 atom stereocenters. The van der Waals surface area contributed by atoms with Crippen molar-refractivity contribution in [2.45, 2.75) is 57.7 Å². The minimum Gasteiger partial charge on any atom is -0.338 e. The first-order valence-electron chi connectivity index (χ1n) is 7.33. The lowest BCUT2D eigenvalue weighted by atomic mass is 9.99. The summed E-state index contributed by atoms with van der Waals surface area (Å²) in [6.45, 7) is 6.96. The molecule has 3 aliphatic heterocycles. The fourth-order valence-corrected chi connectivity index (χ4v) is 3.68. The molecule has 6 heteroatoms. The molecular weight excluding hydrogens is 258 g/mol. The number of fused-ring (bicyclic) bond motifs is 1. The number of carbonyl (C=O) groups excluding carboxylic acids is 3. The Morgan fingerprint density at radius 2 is 1.90 bits per heavy atom. The third kappa shape index (κ3) is 1.53. The molecule has 3 rings (SSSR count). The zero-order valence-electron chi connectivity index (χ0n) is 12.3. The van der Waals surface area contributed by atoms with Crippen molar-refractivity contribution in [1.29, 1.82) is 0 Å². The molecule has 0 radical (unpaired) electrons. The summed E-state index contributed by atoms with van der Waals surface area (Å²) < 4.78 is 0. The van der Waals surface area contributed by atoms with Crippen LogP contribution in [0.4, 0.5) is 4.79 Å². The van der Waals surface area contributed by atoms with E-state index in [1.165, 1.54) is 4.90 Å². The zero-order chi connectivity index (χ0) is 14.7. The third-order valence-electron chi connectivity index (χ3n) is 4.90. The van der Waals surface area contributed by atoms with Crippen molar-refractivity contribution >= 4 is 17.8 Å². The van der Waals surface area contributed by atoms with Gasteiger partial charge in [-0.3, -0.25) is 9.59 Å². The Labute approximate surface area is 118 Å². The molecule has 3 fully saturated rings. The van der Waals surface area contributed by atoms with Gasteiger partial charge in [0.15, 0.2) is 0 Å². The van der Waals surface area contributed by atoms with E-state index >= 15 is 0 Å². The molecule has 0 aromatic rings. The first-order valence-corrected chi connectivity index (χ1v) is 7.33. The van der Waals surface area contributed by atoms with Crippen LogP contribution in [0.15, 0.2) is 0 Å². The highest BCUT2D eigenvalue weighted by molar-refractivity contribution is 6.10. The summed E-state index contributed by atoms with van der Waals surface area (Å²) >= 11 is 0. The number of hydrogen-bond acceptors (Lipinski definition) is 3. The number of nitrogens with zero attached hydrogens (tertiary/aromatic N) is 3. The van der Waals surface area contributed by atoms with Crippen molar-refractivity contribution in [3.05, 3.63) is 0 Å². The normalized spacial score (nSPS) is 33.9. The standard InChI is InChI=1S/C14H21N3O3/c1-9(2)15-8-5-10(11(15)18)17-12(19)14(3)6-4-7-16(14)13(17)20/h9-10H,4-8H2,1-3H3/t10-,14+/m1/s1. The average molecular weight is 279 g/mol. The number of amides is 4. The molecule has 0 unspecified atom stereocenters. The molecule has 0 aliphatic carbocycles. The molecule has 0 spiro atoms. The topological polar surface area (TPSA) is 60.9 Å². The molecule has 0 bridgehead atoms. The SMILES string of the molecule is CC(C)N1CC[C@@H](N2C(=O)N3CCC[C@@]3(C)C2=O)C1=O. The maximum atomic E-state index is 12.6. The Kier molecular flexibility index (Phi) is 2.81. The van der Waals surface area contributed by atoms with Crippen LogP contribution >= 0.6 is 0 Å². The van der Waals surface area contributed by atoms with E-state index in [0.717, 1.165) is 6.42 Å². The summed E-state index contributed by atoms with van der Waals surface area (Å²) in [6.07, 6.45) is 2.11. The molecular formula is C14H21N3O3. The van der Waals surface area contributed by atoms with Crippen LogP contribution in [0.3, 0.4) is 0 Å². The van der Waals surface area contributed by atoms with Crippen molar-refractivity contribution in [3.63, 3.8) is 0 Å². The fourth-order valence-electron chi connectivity index (χ4n) is 3.68. The quantitative estimate of drug-likeness (QED) is 0.703. The molecule has 4 amide bonds. The fraction of sp³-hybridized carbons (Fsp3) is 0.786. The molecule has 0 aromatic carbocycles. The van der Waals surface area contributed by atoms with E-state index < -0.39 is 11.6 Å². The maximum Gasteiger partial charge on any atom is 0.328 e. The summed E-state index contributed by atoms with van der Waals surface area (Å²) in [7, 11) is 0. The van der Waals surface area contributed by atoms with E-state index in [9.17, 15) is 14.4 Å². The second-order valence-corrected chi connectivity index (χ2v) is 6.42. The van der Waals surface area contributed by atoms with Crippen molar-refractivity contribution in [2.75, 3.05) is 13.1 Å². The van der Waals surface area contributed by atoms with Gasteiger partial charge < -0.3 is 9.80 Å². The van der Waals surface area contributed by atoms with Crippen molar-refractivity contribution in [3.8, 4) is 0 Å². The average Bonchev–Trinajstić information content (AvgIpc) is 2.98. The second kappa shape index (κ2) is 4.20. The van der Waals surface area contributed by atoms with Crippen LogP contribution in [0.5, 0.6) is 0 Å². The molecule has 0 saturated carbocycles. The Balaban J connectivity index is 1.87. The number of imide groups is 1. The van der Waals surface area contributed by atoms with Crippen molar-refractivity contribution in [1.82, 2.24) is 14.7 Å². The molecule has 3 aliphatic rings. The summed E-state index contributed by atoms with van der Waals surface area (Å²) in [6, 6.07) is -0.769. The molecule has 110 valence electrons. The number of rotatable bonds is 2. The van der Waals surface area contributed by atoms with Crippen LogP contribution in [0.2, 0.25) is 0 Å². The Morgan fingerprint density at radius 3 is 2.45 bits per heavy atom. The van der Waals surface area contributed by atoms with E-state index in [2.05, 4.69) is 0 Å². The Bertz CT molecular complexity index is 490. The van der Waals surface area contributed by atoms with Crippen LogP contribution in [-0.2, 0) is 9.59 Å². The van der Waals surface area contributed by atoms with E-state index in [0.29, 0.717) is 25.9 Å². The number of urea groups is 1. The van der Waals surface area contributed by atoms with Gasteiger partial charge in [0.1, 0.15) is 11.6 Å². The van der Waals surface area contributed by atoms with Crippen LogP contribution in [0.1, 0.15) is 40.0 Å². The van der Waals surface area contributed by atoms with Crippen LogP contribution < -0.4 is 0 Å². The Morgan fingerprint density at radius 1 is 1.20 bits per heavy atom. The minimum atomic E-state index is -0.720. The minimum absolute atomic E-state index is 0.0912. The van der Waals surface area contributed by atoms with Crippen LogP contribution in [-0.4, -0.2) is 63.3 Å². The lowest BCUT2D eigenvalue weighted by Crippen LogP contribution is -2.48. The second-order valence-electron chi connectivity index (χ2n) is 6.42. The summed E-state index contributed by atoms with van der Waals surface area (Å²) in [5.41, 5.74) is -0.720. The van der Waals surface area contributed by atoms with Gasteiger partial charge in [-0.2, -0.15) is 0 Å². The van der Waals surface area contributed by atoms with Gasteiger partial charge in [0.2, 0.25) is 5.91 Å². The zero-order valence-corrected chi connectivity index (χ0v) is 12.3. The van der Waals surface area contributed by atoms with Gasteiger partial charge in [-0.1, -0.05) is 0 Å². The smallest absolute Gasteiger partial charge is 0.328 e. The van der Waals surface area contributed by atoms with Crippen molar-refractivity contribution < 1.29 is 14.4 Å². The summed E-state index contributed by atoms with van der Waals surface area (Å²) in [4.78, 5) is 42.1. The van der Waals surface area contributed by atoms with Gasteiger partial charge in [-0.05, 0) is 40.0 Å². The molecule has 0 N–H and O–H groups in total. The van der Waals surface area contributed by atoms with Gasteiger partial charge in [0, 0.05) is 19.1 Å². The largest absolute Gasteiger partial charge is 0.338 e. The van der Waals surface area contributed by atoms with Crippen LogP contribution in [0.25, 0.3) is 0 Å². The highest BCUT2D eigenvalue weighted by Crippen LogP contribution is 2.39. The Hall–Kier alpha value is -1.59. The van der Waals surface area contributed by atoms with Gasteiger partial charge in [-0.15, -0.1) is 0 Å². The molecule has 0 aromatic heterocycles. The number of hydrogen-bond donors (Lipinski definition) is 0. The maximum absolute atomic E-state index is 12.6. The molecule has 20 heavy (non-hydrogen) atoms. The van der Waals surface area contributed by atoms with Gasteiger partial charge in [0.05, 0.1) is 0 Å². The lowest BCUT2D eigenvalue weighted by molar-refractivity contribution is -0.140. The monoisotopic (exact) mass is 279 g/mol. The first-order chi connectivity index (χ1) is 9.38. The number of likely N-dealkylation sites (tertiary alicyclic amines) is 1. The molecule has 3 saturated heterocycles. The summed E-state index contributed by atoms with van der Waals surface area (Å²) in [5.74, 6) is -0.282. The van der Waals surface area contributed by atoms with Crippen LogP contribution in [0, 0.1) is 0 Å². The van der Waals surface area contributed by atoms with Gasteiger partial charge >= 0.3 is 6.03 Å². The van der Waals surface area contributed by atoms with E-state index in [1.807, 2.05) is 20.8 Å². The predicted molar refractivity (Wildman–Crippen MR) is 71.8 cm³/mol. The third-order valence-corrected chi connectivity index (χ3v) is 4.90. The highest BCUT2D eigenvalue weighted by atomic mass is 16.2. The molecule has 6 nitrogen and oxygen atoms in total. The molecule has 3 heterocycles. The van der Waals surface area contributed by atoms with Gasteiger partial charge in [0.25, 0.3) is 5.91 Å². The van der Waals surface area contributed by atoms with E-state index in [4.69, 9.17) is 0 Å². The van der Waals surface area contributed by atoms with Gasteiger partial charge in [-0.25, -0.2) is 9.69 Å². The lowest BCUT2D eigenvalue weighted by Gasteiger charge is -2.24. The predicted octanol–water partition coefficient (Wildman–Crippen LogP) is 0.812. The number of carbonyl (C=O) groups is 3.